The third-order valence-corrected chi connectivity index (χ3v) is 5.68. The van der Waals surface area contributed by atoms with Crippen LogP contribution in [0.25, 0.3) is 11.3 Å². The second-order valence-electron chi connectivity index (χ2n) is 6.80. The van der Waals surface area contributed by atoms with Crippen molar-refractivity contribution in [3.8, 4) is 11.3 Å². The molecule has 0 amide bonds. The van der Waals surface area contributed by atoms with E-state index in [2.05, 4.69) is 75.2 Å². The van der Waals surface area contributed by atoms with Gasteiger partial charge in [-0.15, -0.1) is 0 Å². The molecule has 0 aliphatic carbocycles. The molecule has 150 valence electrons. The molecule has 0 saturated carbocycles. The van der Waals surface area contributed by atoms with Crippen molar-refractivity contribution in [1.82, 2.24) is 9.97 Å². The molecule has 0 spiro atoms. The van der Waals surface area contributed by atoms with Crippen LogP contribution in [0, 0.1) is 0 Å². The molecule has 3 aromatic carbocycles. The van der Waals surface area contributed by atoms with E-state index >= 15 is 0 Å². The molecule has 1 aromatic heterocycles. The van der Waals surface area contributed by atoms with E-state index in [9.17, 15) is 0 Å². The number of nitrogens with one attached hydrogen (secondary N) is 1. The fourth-order valence-corrected chi connectivity index (χ4v) is 3.81. The van der Waals surface area contributed by atoms with Gasteiger partial charge < -0.3 is 9.62 Å². The van der Waals surface area contributed by atoms with Crippen molar-refractivity contribution in [2.24, 2.45) is 0 Å². The number of aromatic nitrogens is 2. The molecule has 0 aliphatic heterocycles. The van der Waals surface area contributed by atoms with Gasteiger partial charge in [0.05, 0.1) is 0 Å². The zero-order valence-corrected chi connectivity index (χ0v) is 18.1. The summed E-state index contributed by atoms with van der Waals surface area (Å²) in [6.07, 6.45) is 3.40. The highest BCUT2D eigenvalue weighted by Gasteiger charge is 2.09. The van der Waals surface area contributed by atoms with Crippen LogP contribution in [0.4, 0.5) is 11.5 Å². The maximum Gasteiger partial charge on any atom is 0.162 e. The maximum absolute atomic E-state index is 5.96. The van der Waals surface area contributed by atoms with Crippen molar-refractivity contribution in [1.29, 1.82) is 0 Å². The molecule has 1 heterocycles. The molecule has 0 unspecified atom stereocenters. The van der Waals surface area contributed by atoms with Crippen molar-refractivity contribution in [3.63, 3.8) is 0 Å². The molecule has 30 heavy (non-hydrogen) atoms. The topological polar surface area (TPSA) is 41.1 Å². The normalized spacial score (nSPS) is 10.6. The van der Waals surface area contributed by atoms with Crippen LogP contribution in [0.1, 0.15) is 5.56 Å². The number of anilines is 2. The average molecular weight is 433 g/mol. The molecular weight excluding hydrogens is 412 g/mol. The smallest absolute Gasteiger partial charge is 0.162 e. The van der Waals surface area contributed by atoms with Crippen LogP contribution < -0.4 is 9.62 Å². The number of hydrogen-bond donors (Lipinski definition) is 1. The average Bonchev–Trinajstić information content (AvgIpc) is 2.80. The van der Waals surface area contributed by atoms with Crippen molar-refractivity contribution in [2.45, 2.75) is 11.4 Å². The summed E-state index contributed by atoms with van der Waals surface area (Å²) in [5.74, 6) is 0.728. The van der Waals surface area contributed by atoms with Gasteiger partial charge >= 0.3 is 0 Å². The molecule has 0 saturated heterocycles. The van der Waals surface area contributed by atoms with Crippen molar-refractivity contribution < 1.29 is 0 Å². The third kappa shape index (κ3) is 5.12. The lowest BCUT2D eigenvalue weighted by Crippen LogP contribution is -2.15. The Morgan fingerprint density at radius 2 is 1.57 bits per heavy atom. The van der Waals surface area contributed by atoms with E-state index in [-0.39, 0.29) is 0 Å². The third-order valence-electron chi connectivity index (χ3n) is 4.62. The second kappa shape index (κ2) is 9.65. The van der Waals surface area contributed by atoms with Crippen LogP contribution in [0.2, 0.25) is 5.02 Å². The van der Waals surface area contributed by atoms with Gasteiger partial charge in [0.2, 0.25) is 0 Å². The Bertz CT molecular complexity index is 1090. The summed E-state index contributed by atoms with van der Waals surface area (Å²) < 4.78 is 3.31. The lowest BCUT2D eigenvalue weighted by Gasteiger charge is -2.19. The second-order valence-corrected chi connectivity index (χ2v) is 8.12. The van der Waals surface area contributed by atoms with Crippen LogP contribution in [-0.2, 0) is 6.54 Å². The summed E-state index contributed by atoms with van der Waals surface area (Å²) in [6, 6.07) is 26.5. The van der Waals surface area contributed by atoms with Gasteiger partial charge in [0.15, 0.2) is 5.82 Å². The van der Waals surface area contributed by atoms with Gasteiger partial charge in [-0.2, -0.15) is 0 Å². The maximum atomic E-state index is 5.96. The summed E-state index contributed by atoms with van der Waals surface area (Å²) in [6.45, 7) is 0.836. The summed E-state index contributed by atoms with van der Waals surface area (Å²) in [4.78, 5) is 12.3. The van der Waals surface area contributed by atoms with Crippen molar-refractivity contribution in [2.75, 3.05) is 16.7 Å². The number of nitrogens with zero attached hydrogens (tertiary/aromatic N) is 3. The Morgan fingerprint density at radius 3 is 2.30 bits per heavy atom. The highest BCUT2D eigenvalue weighted by atomic mass is 35.5. The van der Waals surface area contributed by atoms with Gasteiger partial charge in [0, 0.05) is 47.2 Å². The number of para-hydroxylation sites is 1. The molecule has 0 fully saturated rings. The van der Waals surface area contributed by atoms with Gasteiger partial charge in [0.25, 0.3) is 0 Å². The van der Waals surface area contributed by atoms with Crippen molar-refractivity contribution >= 4 is 35.1 Å². The van der Waals surface area contributed by atoms with E-state index in [1.54, 1.807) is 12.4 Å². The van der Waals surface area contributed by atoms with Crippen molar-refractivity contribution in [3.05, 3.63) is 102 Å². The highest BCUT2D eigenvalue weighted by molar-refractivity contribution is 8.00. The van der Waals surface area contributed by atoms with E-state index in [1.165, 1.54) is 23.2 Å². The Kier molecular flexibility index (Phi) is 6.52. The minimum Gasteiger partial charge on any atom is -0.370 e. The SMILES string of the molecule is CN(Cc1ccc(-c2nccnc2NSc2ccc(Cl)cc2)cc1)c1ccccc1. The van der Waals surface area contributed by atoms with Crippen LogP contribution in [0.5, 0.6) is 0 Å². The Hall–Kier alpha value is -3.02. The van der Waals surface area contributed by atoms with E-state index in [1.807, 2.05) is 30.3 Å². The zero-order valence-electron chi connectivity index (χ0n) is 16.5. The molecule has 4 rings (SSSR count). The Labute approximate surface area is 186 Å². The Morgan fingerprint density at radius 1 is 0.867 bits per heavy atom. The minimum atomic E-state index is 0.720. The Balaban J connectivity index is 1.47. The summed E-state index contributed by atoms with van der Waals surface area (Å²) in [5.41, 5.74) is 4.27. The van der Waals surface area contributed by atoms with E-state index in [0.717, 1.165) is 33.5 Å². The number of hydrogen-bond acceptors (Lipinski definition) is 5. The van der Waals surface area contributed by atoms with Crippen LogP contribution in [0.15, 0.2) is 96.2 Å². The van der Waals surface area contributed by atoms with Gasteiger partial charge in [-0.1, -0.05) is 54.1 Å². The molecule has 0 atom stereocenters. The first-order valence-corrected chi connectivity index (χ1v) is 10.7. The first kappa shape index (κ1) is 20.3. The van der Waals surface area contributed by atoms with E-state index < -0.39 is 0 Å². The van der Waals surface area contributed by atoms with Crippen LogP contribution in [-0.4, -0.2) is 17.0 Å². The molecule has 0 bridgehead atoms. The van der Waals surface area contributed by atoms with Gasteiger partial charge in [0.1, 0.15) is 5.69 Å². The minimum absolute atomic E-state index is 0.720. The fourth-order valence-electron chi connectivity index (χ4n) is 3.05. The molecule has 1 N–H and O–H groups in total. The van der Waals surface area contributed by atoms with Gasteiger partial charge in [-0.25, -0.2) is 4.98 Å². The van der Waals surface area contributed by atoms with Gasteiger partial charge in [-0.3, -0.25) is 4.98 Å². The zero-order chi connectivity index (χ0) is 20.8. The highest BCUT2D eigenvalue weighted by Crippen LogP contribution is 2.29. The van der Waals surface area contributed by atoms with Crippen LogP contribution in [0.3, 0.4) is 0 Å². The van der Waals surface area contributed by atoms with E-state index in [0.29, 0.717) is 0 Å². The molecular formula is C24H21ClN4S. The largest absolute Gasteiger partial charge is 0.370 e. The molecule has 4 aromatic rings. The molecule has 0 aliphatic rings. The lowest BCUT2D eigenvalue weighted by atomic mass is 10.1. The quantitative estimate of drug-likeness (QED) is 0.335. The first-order chi connectivity index (χ1) is 14.7. The molecule has 6 heteroatoms. The summed E-state index contributed by atoms with van der Waals surface area (Å²) in [7, 11) is 2.10. The molecule has 0 radical (unpaired) electrons. The molecule has 4 nitrogen and oxygen atoms in total. The predicted octanol–water partition coefficient (Wildman–Crippen LogP) is 6.55. The summed E-state index contributed by atoms with van der Waals surface area (Å²) >= 11 is 7.44. The number of halogens is 1. The van der Waals surface area contributed by atoms with Gasteiger partial charge in [-0.05, 0) is 53.9 Å². The van der Waals surface area contributed by atoms with Crippen LogP contribution >= 0.6 is 23.5 Å². The number of rotatable bonds is 7. The fraction of sp³-hybridized carbons (Fsp3) is 0.0833. The lowest BCUT2D eigenvalue weighted by molar-refractivity contribution is 0.923. The predicted molar refractivity (Wildman–Crippen MR) is 127 cm³/mol. The first-order valence-electron chi connectivity index (χ1n) is 9.54. The number of benzene rings is 3. The monoisotopic (exact) mass is 432 g/mol. The summed E-state index contributed by atoms with van der Waals surface area (Å²) in [5, 5.41) is 0.720. The standard InChI is InChI=1S/C24H21ClN4S/c1-29(21-5-3-2-4-6-21)17-18-7-9-19(10-8-18)23-24(27-16-15-26-23)28-30-22-13-11-20(25)12-14-22/h2-16H,17H2,1H3,(H,27,28). The van der Waals surface area contributed by atoms with E-state index in [4.69, 9.17) is 11.6 Å².